The monoisotopic (exact) mass is 363 g/mol. The lowest BCUT2D eigenvalue weighted by molar-refractivity contribution is -0.384. The van der Waals surface area contributed by atoms with E-state index in [4.69, 9.17) is 4.74 Å². The molecule has 1 aromatic heterocycles. The van der Waals surface area contributed by atoms with Gasteiger partial charge in [0, 0.05) is 30.6 Å². The minimum atomic E-state index is -0.653. The van der Waals surface area contributed by atoms with Crippen LogP contribution in [0.25, 0.3) is 0 Å². The van der Waals surface area contributed by atoms with Crippen LogP contribution >= 0.6 is 0 Å². The topological polar surface area (TPSA) is 94.4 Å². The van der Waals surface area contributed by atoms with Gasteiger partial charge in [0.15, 0.2) is 0 Å². The van der Waals surface area contributed by atoms with Gasteiger partial charge in [0.1, 0.15) is 6.61 Å². The number of ether oxygens (including phenoxy) is 1. The summed E-state index contributed by atoms with van der Waals surface area (Å²) < 4.78 is 5.28. The first-order valence-electron chi connectivity index (χ1n) is 8.27. The van der Waals surface area contributed by atoms with Crippen molar-refractivity contribution in [2.75, 3.05) is 5.32 Å². The molecule has 27 heavy (non-hydrogen) atoms. The number of esters is 1. The highest BCUT2D eigenvalue weighted by atomic mass is 16.6. The van der Waals surface area contributed by atoms with Crippen molar-refractivity contribution in [3.63, 3.8) is 0 Å². The number of pyridine rings is 1. The number of nitro groups is 1. The van der Waals surface area contributed by atoms with Crippen molar-refractivity contribution in [1.82, 2.24) is 4.98 Å². The molecule has 1 heterocycles. The van der Waals surface area contributed by atoms with Crippen LogP contribution in [0.5, 0.6) is 0 Å². The number of nitro benzene ring substituents is 1. The van der Waals surface area contributed by atoms with Crippen LogP contribution in [0.4, 0.5) is 11.4 Å². The fourth-order valence-electron chi connectivity index (χ4n) is 2.46. The summed E-state index contributed by atoms with van der Waals surface area (Å²) in [5.41, 5.74) is 2.01. The molecule has 0 saturated heterocycles. The van der Waals surface area contributed by atoms with E-state index >= 15 is 0 Å². The van der Waals surface area contributed by atoms with E-state index in [1.54, 1.807) is 24.4 Å². The number of anilines is 1. The second-order valence-corrected chi connectivity index (χ2v) is 5.72. The molecule has 3 rings (SSSR count). The Labute approximate surface area is 155 Å². The van der Waals surface area contributed by atoms with Crippen molar-refractivity contribution in [3.8, 4) is 0 Å². The number of nitrogens with zero attached hydrogens (tertiary/aromatic N) is 2. The van der Waals surface area contributed by atoms with Crippen LogP contribution in [-0.2, 0) is 17.9 Å². The van der Waals surface area contributed by atoms with Gasteiger partial charge in [-0.05, 0) is 23.8 Å². The SMILES string of the molecule is O=C(OCc1ccccn1)c1cc([N+](=O)[O-])ccc1NCc1ccccc1. The second kappa shape index (κ2) is 8.57. The third kappa shape index (κ3) is 4.88. The fourth-order valence-corrected chi connectivity index (χ4v) is 2.46. The van der Waals surface area contributed by atoms with E-state index in [1.165, 1.54) is 18.2 Å². The minimum Gasteiger partial charge on any atom is -0.456 e. The molecule has 7 nitrogen and oxygen atoms in total. The van der Waals surface area contributed by atoms with Crippen LogP contribution in [0.1, 0.15) is 21.6 Å². The zero-order chi connectivity index (χ0) is 19.1. The van der Waals surface area contributed by atoms with Gasteiger partial charge in [-0.1, -0.05) is 36.4 Å². The van der Waals surface area contributed by atoms with E-state index in [-0.39, 0.29) is 17.9 Å². The average molecular weight is 363 g/mol. The average Bonchev–Trinajstić information content (AvgIpc) is 2.72. The van der Waals surface area contributed by atoms with Gasteiger partial charge in [0.25, 0.3) is 5.69 Å². The third-order valence-electron chi connectivity index (χ3n) is 3.84. The normalized spacial score (nSPS) is 10.2. The molecular weight excluding hydrogens is 346 g/mol. The van der Waals surface area contributed by atoms with Crippen molar-refractivity contribution < 1.29 is 14.5 Å². The Morgan fingerprint density at radius 3 is 2.56 bits per heavy atom. The van der Waals surface area contributed by atoms with Gasteiger partial charge in [-0.2, -0.15) is 0 Å². The molecule has 136 valence electrons. The first kappa shape index (κ1) is 18.1. The van der Waals surface area contributed by atoms with E-state index < -0.39 is 10.9 Å². The maximum absolute atomic E-state index is 12.5. The molecule has 3 aromatic rings. The highest BCUT2D eigenvalue weighted by Crippen LogP contribution is 2.24. The van der Waals surface area contributed by atoms with Crippen LogP contribution in [0.2, 0.25) is 0 Å². The molecular formula is C20H17N3O4. The predicted molar refractivity (Wildman–Crippen MR) is 100 cm³/mol. The number of nitrogens with one attached hydrogen (secondary N) is 1. The van der Waals surface area contributed by atoms with Crippen LogP contribution < -0.4 is 5.32 Å². The van der Waals surface area contributed by atoms with Crippen molar-refractivity contribution >= 4 is 17.3 Å². The maximum Gasteiger partial charge on any atom is 0.340 e. The summed E-state index contributed by atoms with van der Waals surface area (Å²) in [6.45, 7) is 0.458. The van der Waals surface area contributed by atoms with E-state index in [1.807, 2.05) is 30.3 Å². The van der Waals surface area contributed by atoms with Gasteiger partial charge in [-0.3, -0.25) is 15.1 Å². The summed E-state index contributed by atoms with van der Waals surface area (Å²) in [6, 6.07) is 19.0. The Morgan fingerprint density at radius 2 is 1.85 bits per heavy atom. The molecule has 1 N–H and O–H groups in total. The first-order valence-corrected chi connectivity index (χ1v) is 8.27. The number of carbonyl (C=O) groups is 1. The molecule has 0 saturated carbocycles. The van der Waals surface area contributed by atoms with Crippen LogP contribution in [-0.4, -0.2) is 15.9 Å². The molecule has 0 radical (unpaired) electrons. The Bertz CT molecular complexity index is 930. The third-order valence-corrected chi connectivity index (χ3v) is 3.84. The molecule has 0 aliphatic heterocycles. The van der Waals surface area contributed by atoms with Gasteiger partial charge in [0.05, 0.1) is 16.2 Å². The quantitative estimate of drug-likeness (QED) is 0.388. The summed E-state index contributed by atoms with van der Waals surface area (Å²) in [4.78, 5) is 27.1. The molecule has 7 heteroatoms. The lowest BCUT2D eigenvalue weighted by atomic mass is 10.1. The standard InChI is InChI=1S/C20H17N3O4/c24-20(27-14-16-8-4-5-11-21-16)18-12-17(23(25)26)9-10-19(18)22-13-15-6-2-1-3-7-15/h1-12,22H,13-14H2. The van der Waals surface area contributed by atoms with Gasteiger partial charge < -0.3 is 10.1 Å². The molecule has 0 aliphatic rings. The number of rotatable bonds is 7. The van der Waals surface area contributed by atoms with Gasteiger partial charge in [-0.25, -0.2) is 4.79 Å². The molecule has 0 unspecified atom stereocenters. The van der Waals surface area contributed by atoms with Crippen molar-refractivity contribution in [2.24, 2.45) is 0 Å². The summed E-state index contributed by atoms with van der Waals surface area (Å²) in [5.74, 6) is -0.653. The summed E-state index contributed by atoms with van der Waals surface area (Å²) in [6.07, 6.45) is 1.60. The van der Waals surface area contributed by atoms with Crippen molar-refractivity contribution in [1.29, 1.82) is 0 Å². The molecule has 0 bridgehead atoms. The second-order valence-electron chi connectivity index (χ2n) is 5.72. The molecule has 0 aliphatic carbocycles. The Kier molecular flexibility index (Phi) is 5.73. The summed E-state index contributed by atoms with van der Waals surface area (Å²) in [5, 5.41) is 14.2. The number of aromatic nitrogens is 1. The number of benzene rings is 2. The lowest BCUT2D eigenvalue weighted by Gasteiger charge is -2.12. The maximum atomic E-state index is 12.5. The number of carbonyl (C=O) groups excluding carboxylic acids is 1. The van der Waals surface area contributed by atoms with E-state index in [9.17, 15) is 14.9 Å². The first-order chi connectivity index (χ1) is 13.1. The number of hydrogen-bond donors (Lipinski definition) is 1. The van der Waals surface area contributed by atoms with Crippen LogP contribution in [0, 0.1) is 10.1 Å². The highest BCUT2D eigenvalue weighted by molar-refractivity contribution is 5.96. The van der Waals surface area contributed by atoms with Gasteiger partial charge in [-0.15, -0.1) is 0 Å². The Hall–Kier alpha value is -3.74. The van der Waals surface area contributed by atoms with Crippen molar-refractivity contribution in [2.45, 2.75) is 13.2 Å². The molecule has 0 amide bonds. The molecule has 0 atom stereocenters. The molecule has 0 fully saturated rings. The number of hydrogen-bond acceptors (Lipinski definition) is 6. The smallest absolute Gasteiger partial charge is 0.340 e. The zero-order valence-electron chi connectivity index (χ0n) is 14.4. The lowest BCUT2D eigenvalue weighted by Crippen LogP contribution is -2.11. The fraction of sp³-hybridized carbons (Fsp3) is 0.100. The van der Waals surface area contributed by atoms with E-state index in [0.717, 1.165) is 5.56 Å². The van der Waals surface area contributed by atoms with Gasteiger partial charge in [0.2, 0.25) is 0 Å². The molecule has 0 spiro atoms. The molecule has 2 aromatic carbocycles. The highest BCUT2D eigenvalue weighted by Gasteiger charge is 2.18. The largest absolute Gasteiger partial charge is 0.456 e. The predicted octanol–water partition coefficient (Wildman–Crippen LogP) is 3.96. The van der Waals surface area contributed by atoms with Crippen molar-refractivity contribution in [3.05, 3.63) is 99.9 Å². The Morgan fingerprint density at radius 1 is 1.07 bits per heavy atom. The van der Waals surface area contributed by atoms with Crippen LogP contribution in [0.15, 0.2) is 72.9 Å². The van der Waals surface area contributed by atoms with E-state index in [0.29, 0.717) is 17.9 Å². The van der Waals surface area contributed by atoms with Gasteiger partial charge >= 0.3 is 5.97 Å². The minimum absolute atomic E-state index is 0.0134. The zero-order valence-corrected chi connectivity index (χ0v) is 14.4. The Balaban J connectivity index is 1.78. The summed E-state index contributed by atoms with van der Waals surface area (Å²) in [7, 11) is 0. The van der Waals surface area contributed by atoms with E-state index in [2.05, 4.69) is 10.3 Å². The van der Waals surface area contributed by atoms with Crippen LogP contribution in [0.3, 0.4) is 0 Å². The number of non-ortho nitro benzene ring substituents is 1. The summed E-state index contributed by atoms with van der Waals surface area (Å²) >= 11 is 0.